The van der Waals surface area contributed by atoms with E-state index in [-0.39, 0.29) is 10.6 Å². The van der Waals surface area contributed by atoms with Gasteiger partial charge in [0.25, 0.3) is 0 Å². The Bertz CT molecular complexity index is 587. The van der Waals surface area contributed by atoms with Crippen molar-refractivity contribution in [2.45, 2.75) is 29.8 Å². The minimum Gasteiger partial charge on any atom is -0.496 e. The minimum absolute atomic E-state index is 0.0957. The zero-order valence-electron chi connectivity index (χ0n) is 11.3. The van der Waals surface area contributed by atoms with Gasteiger partial charge < -0.3 is 14.6 Å². The van der Waals surface area contributed by atoms with Crippen molar-refractivity contribution in [2.75, 3.05) is 20.5 Å². The van der Waals surface area contributed by atoms with Gasteiger partial charge in [0.1, 0.15) is 16.4 Å². The van der Waals surface area contributed by atoms with Crippen LogP contribution in [0, 0.1) is 0 Å². The maximum absolute atomic E-state index is 11.7. The third kappa shape index (κ3) is 3.01. The summed E-state index contributed by atoms with van der Waals surface area (Å²) in [6.45, 7) is 0. The van der Waals surface area contributed by atoms with E-state index in [2.05, 4.69) is 0 Å². The molecule has 0 atom stereocenters. The first-order valence-corrected chi connectivity index (χ1v) is 7.85. The van der Waals surface area contributed by atoms with Gasteiger partial charge in [-0.05, 0) is 18.9 Å². The molecule has 1 aliphatic carbocycles. The molecule has 0 aromatic heterocycles. The highest BCUT2D eigenvalue weighted by Gasteiger charge is 2.41. The summed E-state index contributed by atoms with van der Waals surface area (Å²) in [5.41, 5.74) is 0.0806. The first-order valence-electron chi connectivity index (χ1n) is 5.96. The van der Waals surface area contributed by atoms with Crippen LogP contribution in [-0.2, 0) is 16.3 Å². The van der Waals surface area contributed by atoms with Crippen molar-refractivity contribution in [2.24, 2.45) is 0 Å². The summed E-state index contributed by atoms with van der Waals surface area (Å²) in [6, 6.07) is 3.08. The molecule has 0 amide bonds. The molecule has 0 bridgehead atoms. The summed E-state index contributed by atoms with van der Waals surface area (Å²) in [5.74, 6) is 0.740. The highest BCUT2D eigenvalue weighted by atomic mass is 32.2. The first kappa shape index (κ1) is 14.1. The lowest BCUT2D eigenvalue weighted by atomic mass is 10.0. The standard InChI is InChI=1S/C13H18O5S/c1-17-10-7-12(19(3,15)16)11(18-2)6-9(10)8-13(14)4-5-13/h6-7,14H,4-5,8H2,1-3H3. The van der Waals surface area contributed by atoms with Crippen molar-refractivity contribution < 1.29 is 23.0 Å². The van der Waals surface area contributed by atoms with Gasteiger partial charge in [-0.25, -0.2) is 8.42 Å². The van der Waals surface area contributed by atoms with Gasteiger partial charge in [0.2, 0.25) is 0 Å². The van der Waals surface area contributed by atoms with Crippen LogP contribution in [0.1, 0.15) is 18.4 Å². The number of rotatable bonds is 5. The Kier molecular flexibility index (Phi) is 3.49. The SMILES string of the molecule is COc1cc(S(C)(=O)=O)c(OC)cc1CC1(O)CC1. The van der Waals surface area contributed by atoms with Gasteiger partial charge in [-0.1, -0.05) is 0 Å². The molecule has 0 saturated heterocycles. The average molecular weight is 286 g/mol. The average Bonchev–Trinajstić information content (AvgIpc) is 3.04. The van der Waals surface area contributed by atoms with Gasteiger partial charge in [0.05, 0.1) is 19.8 Å². The summed E-state index contributed by atoms with van der Waals surface area (Å²) < 4.78 is 33.8. The van der Waals surface area contributed by atoms with Crippen molar-refractivity contribution in [3.05, 3.63) is 17.7 Å². The largest absolute Gasteiger partial charge is 0.496 e. The number of ether oxygens (including phenoxy) is 2. The predicted octanol–water partition coefficient (Wildman–Crippen LogP) is 1.17. The predicted molar refractivity (Wildman–Crippen MR) is 70.5 cm³/mol. The molecule has 0 radical (unpaired) electrons. The van der Waals surface area contributed by atoms with Crippen LogP contribution in [0.3, 0.4) is 0 Å². The monoisotopic (exact) mass is 286 g/mol. The van der Waals surface area contributed by atoms with Crippen LogP contribution in [0.25, 0.3) is 0 Å². The molecular formula is C13H18O5S. The summed E-state index contributed by atoms with van der Waals surface area (Å²) >= 11 is 0. The summed E-state index contributed by atoms with van der Waals surface area (Å²) in [4.78, 5) is 0.0957. The number of hydrogen-bond acceptors (Lipinski definition) is 5. The third-order valence-corrected chi connectivity index (χ3v) is 4.43. The highest BCUT2D eigenvalue weighted by molar-refractivity contribution is 7.90. The maximum Gasteiger partial charge on any atom is 0.179 e. The van der Waals surface area contributed by atoms with Crippen LogP contribution in [0.5, 0.6) is 11.5 Å². The fraction of sp³-hybridized carbons (Fsp3) is 0.538. The van der Waals surface area contributed by atoms with Crippen molar-refractivity contribution >= 4 is 9.84 Å². The second kappa shape index (κ2) is 4.68. The molecule has 6 heteroatoms. The van der Waals surface area contributed by atoms with Crippen LogP contribution < -0.4 is 9.47 Å². The van der Waals surface area contributed by atoms with Gasteiger partial charge in [-0.3, -0.25) is 0 Å². The van der Waals surface area contributed by atoms with E-state index in [1.165, 1.54) is 20.3 Å². The fourth-order valence-corrected chi connectivity index (χ4v) is 2.87. The van der Waals surface area contributed by atoms with Gasteiger partial charge in [-0.15, -0.1) is 0 Å². The maximum atomic E-state index is 11.7. The molecule has 1 saturated carbocycles. The molecule has 5 nitrogen and oxygen atoms in total. The van der Waals surface area contributed by atoms with Gasteiger partial charge in [0.15, 0.2) is 9.84 Å². The Morgan fingerprint density at radius 1 is 1.21 bits per heavy atom. The number of benzene rings is 1. The Morgan fingerprint density at radius 2 is 1.79 bits per heavy atom. The molecule has 1 aliphatic rings. The van der Waals surface area contributed by atoms with Crippen LogP contribution in [0.4, 0.5) is 0 Å². The molecule has 2 rings (SSSR count). The summed E-state index contributed by atoms with van der Waals surface area (Å²) in [7, 11) is -0.487. The Balaban J connectivity index is 2.50. The summed E-state index contributed by atoms with van der Waals surface area (Å²) in [6.07, 6.45) is 3.08. The number of sulfone groups is 1. The molecule has 106 valence electrons. The molecule has 1 N–H and O–H groups in total. The zero-order chi connectivity index (χ0) is 14.3. The third-order valence-electron chi connectivity index (χ3n) is 3.31. The Morgan fingerprint density at radius 3 is 2.21 bits per heavy atom. The smallest absolute Gasteiger partial charge is 0.179 e. The number of methoxy groups -OCH3 is 2. The Labute approximate surface area is 113 Å². The molecule has 1 fully saturated rings. The quantitative estimate of drug-likeness (QED) is 0.879. The van der Waals surface area contributed by atoms with Crippen molar-refractivity contribution in [1.82, 2.24) is 0 Å². The topological polar surface area (TPSA) is 72.8 Å². The molecule has 0 unspecified atom stereocenters. The highest BCUT2D eigenvalue weighted by Crippen LogP contribution is 2.42. The zero-order valence-corrected chi connectivity index (χ0v) is 12.1. The second-order valence-electron chi connectivity index (χ2n) is 4.99. The van der Waals surface area contributed by atoms with E-state index < -0.39 is 15.4 Å². The van der Waals surface area contributed by atoms with E-state index in [0.717, 1.165) is 24.7 Å². The van der Waals surface area contributed by atoms with Crippen LogP contribution in [0.2, 0.25) is 0 Å². The van der Waals surface area contributed by atoms with E-state index in [0.29, 0.717) is 12.2 Å². The lowest BCUT2D eigenvalue weighted by Crippen LogP contribution is -2.12. The van der Waals surface area contributed by atoms with E-state index >= 15 is 0 Å². The lowest BCUT2D eigenvalue weighted by molar-refractivity contribution is 0.150. The molecule has 1 aromatic carbocycles. The normalized spacial score (nSPS) is 17.1. The van der Waals surface area contributed by atoms with Crippen molar-refractivity contribution in [3.8, 4) is 11.5 Å². The second-order valence-corrected chi connectivity index (χ2v) is 6.97. The van der Waals surface area contributed by atoms with E-state index in [1.54, 1.807) is 6.07 Å². The number of hydrogen-bond donors (Lipinski definition) is 1. The van der Waals surface area contributed by atoms with E-state index in [1.807, 2.05) is 0 Å². The first-order chi connectivity index (χ1) is 8.79. The van der Waals surface area contributed by atoms with Crippen LogP contribution in [-0.4, -0.2) is 39.6 Å². The molecule has 0 heterocycles. The van der Waals surface area contributed by atoms with Crippen LogP contribution in [0.15, 0.2) is 17.0 Å². The molecule has 0 spiro atoms. The van der Waals surface area contributed by atoms with Gasteiger partial charge >= 0.3 is 0 Å². The van der Waals surface area contributed by atoms with E-state index in [9.17, 15) is 13.5 Å². The van der Waals surface area contributed by atoms with Crippen molar-refractivity contribution in [3.63, 3.8) is 0 Å². The van der Waals surface area contributed by atoms with E-state index in [4.69, 9.17) is 9.47 Å². The Hall–Kier alpha value is -1.27. The minimum atomic E-state index is -3.39. The fourth-order valence-electron chi connectivity index (χ4n) is 2.04. The summed E-state index contributed by atoms with van der Waals surface area (Å²) in [5, 5.41) is 9.98. The van der Waals surface area contributed by atoms with Gasteiger partial charge in [-0.2, -0.15) is 0 Å². The van der Waals surface area contributed by atoms with Crippen LogP contribution >= 0.6 is 0 Å². The molecule has 1 aromatic rings. The molecule has 0 aliphatic heterocycles. The number of aliphatic hydroxyl groups is 1. The van der Waals surface area contributed by atoms with Crippen molar-refractivity contribution in [1.29, 1.82) is 0 Å². The molecule has 19 heavy (non-hydrogen) atoms. The molecular weight excluding hydrogens is 268 g/mol. The van der Waals surface area contributed by atoms with Gasteiger partial charge in [0, 0.05) is 24.3 Å². The lowest BCUT2D eigenvalue weighted by Gasteiger charge is -2.16.